The summed E-state index contributed by atoms with van der Waals surface area (Å²) in [5, 5.41) is 12.3. The smallest absolute Gasteiger partial charge is 0.224 e. The van der Waals surface area contributed by atoms with Gasteiger partial charge in [-0.25, -0.2) is 4.39 Å². The summed E-state index contributed by atoms with van der Waals surface area (Å²) in [6, 6.07) is 4.57. The summed E-state index contributed by atoms with van der Waals surface area (Å²) in [5.74, 6) is 0.0255. The summed E-state index contributed by atoms with van der Waals surface area (Å²) in [5.41, 5.74) is 0.618. The Kier molecular flexibility index (Phi) is 6.84. The van der Waals surface area contributed by atoms with E-state index in [9.17, 15) is 14.3 Å². The number of aliphatic hydroxyl groups excluding tert-OH is 1. The summed E-state index contributed by atoms with van der Waals surface area (Å²) in [6.07, 6.45) is 6.53. The highest BCUT2D eigenvalue weighted by atomic mass is 19.1. The van der Waals surface area contributed by atoms with Gasteiger partial charge in [0.05, 0.1) is 13.5 Å². The number of carbonyl (C=O) groups is 1. The average molecular weight is 323 g/mol. The molecule has 0 radical (unpaired) electrons. The van der Waals surface area contributed by atoms with E-state index < -0.39 is 5.82 Å². The second-order valence-electron chi connectivity index (χ2n) is 6.23. The molecule has 1 aliphatic carbocycles. The van der Waals surface area contributed by atoms with Gasteiger partial charge in [-0.05, 0) is 42.9 Å². The van der Waals surface area contributed by atoms with Crippen LogP contribution in [0.2, 0.25) is 0 Å². The van der Waals surface area contributed by atoms with Gasteiger partial charge in [-0.2, -0.15) is 0 Å². The molecule has 1 saturated carbocycles. The highest BCUT2D eigenvalue weighted by Gasteiger charge is 2.24. The molecule has 0 spiro atoms. The molecule has 0 saturated heterocycles. The molecule has 0 aromatic heterocycles. The summed E-state index contributed by atoms with van der Waals surface area (Å²) in [4.78, 5) is 12.3. The third-order valence-electron chi connectivity index (χ3n) is 4.59. The molecule has 1 fully saturated rings. The van der Waals surface area contributed by atoms with Gasteiger partial charge in [0.2, 0.25) is 5.91 Å². The number of halogens is 1. The van der Waals surface area contributed by atoms with E-state index in [0.717, 1.165) is 12.8 Å². The maximum atomic E-state index is 13.7. The number of nitrogens with one attached hydrogen (secondary N) is 1. The zero-order valence-corrected chi connectivity index (χ0v) is 13.7. The Labute approximate surface area is 137 Å². The van der Waals surface area contributed by atoms with Crippen LogP contribution < -0.4 is 10.1 Å². The number of amides is 1. The largest absolute Gasteiger partial charge is 0.494 e. The van der Waals surface area contributed by atoms with E-state index >= 15 is 0 Å². The van der Waals surface area contributed by atoms with E-state index in [0.29, 0.717) is 17.9 Å². The Hall–Kier alpha value is -1.62. The molecule has 23 heavy (non-hydrogen) atoms. The molecule has 2 N–H and O–H groups in total. The molecule has 1 aromatic carbocycles. The zero-order chi connectivity index (χ0) is 16.7. The predicted octanol–water partition coefficient (Wildman–Crippen LogP) is 2.82. The normalized spacial score (nSPS) is 16.8. The van der Waals surface area contributed by atoms with Crippen LogP contribution in [0.1, 0.15) is 44.1 Å². The molecular formula is C18H26FNO3. The fraction of sp³-hybridized carbons (Fsp3) is 0.611. The molecule has 1 aliphatic rings. The van der Waals surface area contributed by atoms with Gasteiger partial charge in [-0.15, -0.1) is 0 Å². The van der Waals surface area contributed by atoms with E-state index in [-0.39, 0.29) is 30.7 Å². The van der Waals surface area contributed by atoms with Gasteiger partial charge in [0.25, 0.3) is 0 Å². The fourth-order valence-electron chi connectivity index (χ4n) is 3.36. The van der Waals surface area contributed by atoms with E-state index in [1.807, 2.05) is 0 Å². The van der Waals surface area contributed by atoms with E-state index in [4.69, 9.17) is 4.74 Å². The van der Waals surface area contributed by atoms with Crippen LogP contribution in [0.15, 0.2) is 18.2 Å². The van der Waals surface area contributed by atoms with Crippen molar-refractivity contribution in [3.8, 4) is 5.75 Å². The minimum absolute atomic E-state index is 0.0101. The van der Waals surface area contributed by atoms with Gasteiger partial charge in [0.1, 0.15) is 0 Å². The minimum Gasteiger partial charge on any atom is -0.494 e. The van der Waals surface area contributed by atoms with Gasteiger partial charge < -0.3 is 15.2 Å². The highest BCUT2D eigenvalue weighted by Crippen LogP contribution is 2.27. The fourth-order valence-corrected chi connectivity index (χ4v) is 3.36. The van der Waals surface area contributed by atoms with Crippen molar-refractivity contribution >= 4 is 5.91 Å². The Morgan fingerprint density at radius 3 is 2.74 bits per heavy atom. The molecule has 128 valence electrons. The molecule has 1 aromatic rings. The van der Waals surface area contributed by atoms with Crippen molar-refractivity contribution in [1.29, 1.82) is 0 Å². The molecule has 2 rings (SSSR count). The van der Waals surface area contributed by atoms with Crippen LogP contribution in [0.3, 0.4) is 0 Å². The predicted molar refractivity (Wildman–Crippen MR) is 86.9 cm³/mol. The van der Waals surface area contributed by atoms with E-state index in [1.54, 1.807) is 6.07 Å². The van der Waals surface area contributed by atoms with Crippen LogP contribution in [0.5, 0.6) is 5.75 Å². The van der Waals surface area contributed by atoms with Gasteiger partial charge in [0.15, 0.2) is 11.6 Å². The second-order valence-corrected chi connectivity index (χ2v) is 6.23. The number of aliphatic hydroxyl groups is 1. The molecule has 0 bridgehead atoms. The standard InChI is InChI=1S/C18H26FNO3/c1-23-17-8-7-13(11-15(17)19)12-18(22)20-16(9-10-21)14-5-3-2-4-6-14/h7-8,11,14,16,21H,2-6,9-10,12H2,1H3,(H,20,22). The third kappa shape index (κ3) is 5.20. The van der Waals surface area contributed by atoms with Gasteiger partial charge in [-0.1, -0.05) is 25.3 Å². The van der Waals surface area contributed by atoms with Crippen LogP contribution >= 0.6 is 0 Å². The number of carbonyl (C=O) groups excluding carboxylic acids is 1. The van der Waals surface area contributed by atoms with Gasteiger partial charge in [0, 0.05) is 12.6 Å². The van der Waals surface area contributed by atoms with Crippen molar-refractivity contribution in [3.63, 3.8) is 0 Å². The Morgan fingerprint density at radius 2 is 2.13 bits per heavy atom. The van der Waals surface area contributed by atoms with Crippen LogP contribution in [0, 0.1) is 11.7 Å². The molecule has 1 amide bonds. The number of methoxy groups -OCH3 is 1. The monoisotopic (exact) mass is 323 g/mol. The molecule has 0 heterocycles. The minimum atomic E-state index is -0.461. The van der Waals surface area contributed by atoms with Crippen molar-refractivity contribution in [1.82, 2.24) is 5.32 Å². The van der Waals surface area contributed by atoms with E-state index in [1.165, 1.54) is 38.5 Å². The lowest BCUT2D eigenvalue weighted by molar-refractivity contribution is -0.121. The Balaban J connectivity index is 1.94. The van der Waals surface area contributed by atoms with Crippen LogP contribution in [-0.2, 0) is 11.2 Å². The second kappa shape index (κ2) is 8.87. The van der Waals surface area contributed by atoms with Crippen molar-refractivity contribution in [3.05, 3.63) is 29.6 Å². The van der Waals surface area contributed by atoms with E-state index in [2.05, 4.69) is 5.32 Å². The topological polar surface area (TPSA) is 58.6 Å². The summed E-state index contributed by atoms with van der Waals surface area (Å²) in [6.45, 7) is 0.0681. The first-order chi connectivity index (χ1) is 11.1. The summed E-state index contributed by atoms with van der Waals surface area (Å²) in [7, 11) is 1.41. The third-order valence-corrected chi connectivity index (χ3v) is 4.59. The average Bonchev–Trinajstić information content (AvgIpc) is 2.55. The first-order valence-corrected chi connectivity index (χ1v) is 8.36. The SMILES string of the molecule is COc1ccc(CC(=O)NC(CCO)C2CCCCC2)cc1F. The van der Waals surface area contributed by atoms with Crippen molar-refractivity contribution in [2.75, 3.05) is 13.7 Å². The van der Waals surface area contributed by atoms with Crippen molar-refractivity contribution < 1.29 is 19.0 Å². The molecule has 0 aliphatic heterocycles. The zero-order valence-electron chi connectivity index (χ0n) is 13.7. The highest BCUT2D eigenvalue weighted by molar-refractivity contribution is 5.79. The van der Waals surface area contributed by atoms with Crippen LogP contribution in [0.4, 0.5) is 4.39 Å². The van der Waals surface area contributed by atoms with Crippen LogP contribution in [0.25, 0.3) is 0 Å². The lowest BCUT2D eigenvalue weighted by Crippen LogP contribution is -2.42. The first-order valence-electron chi connectivity index (χ1n) is 8.36. The maximum absolute atomic E-state index is 13.7. The first kappa shape index (κ1) is 17.7. The maximum Gasteiger partial charge on any atom is 0.224 e. The Morgan fingerprint density at radius 1 is 1.39 bits per heavy atom. The van der Waals surface area contributed by atoms with Gasteiger partial charge >= 0.3 is 0 Å². The number of ether oxygens (including phenoxy) is 1. The van der Waals surface area contributed by atoms with Crippen molar-refractivity contribution in [2.45, 2.75) is 51.0 Å². The molecule has 1 atom stereocenters. The molecule has 5 heteroatoms. The lowest BCUT2D eigenvalue weighted by Gasteiger charge is -2.30. The Bertz CT molecular complexity index is 515. The quantitative estimate of drug-likeness (QED) is 0.811. The molecule has 1 unspecified atom stereocenters. The lowest BCUT2D eigenvalue weighted by atomic mass is 9.82. The van der Waals surface area contributed by atoms with Gasteiger partial charge in [-0.3, -0.25) is 4.79 Å². The number of hydrogen-bond donors (Lipinski definition) is 2. The summed E-state index contributed by atoms with van der Waals surface area (Å²) < 4.78 is 18.6. The number of benzene rings is 1. The number of rotatable bonds is 7. The number of hydrogen-bond acceptors (Lipinski definition) is 3. The van der Waals surface area contributed by atoms with Crippen LogP contribution in [-0.4, -0.2) is 30.8 Å². The molecule has 4 nitrogen and oxygen atoms in total. The molecular weight excluding hydrogens is 297 g/mol. The summed E-state index contributed by atoms with van der Waals surface area (Å²) >= 11 is 0. The van der Waals surface area contributed by atoms with Crippen molar-refractivity contribution in [2.24, 2.45) is 5.92 Å².